The molecule has 0 amide bonds. The second-order valence-electron chi connectivity index (χ2n) is 4.97. The Labute approximate surface area is 151 Å². The average molecular weight is 465 g/mol. The van der Waals surface area contributed by atoms with E-state index in [9.17, 15) is 13.5 Å². The zero-order valence-electron chi connectivity index (χ0n) is 13.1. The Morgan fingerprint density at radius 3 is 2.21 bits per heavy atom. The third-order valence-corrected chi connectivity index (χ3v) is 7.33. The fourth-order valence-corrected chi connectivity index (χ4v) is 4.66. The standard InChI is InChI=1S/C16H19NO5STe/c1-21-13-4-8-16(9-5-13)24-11-12(18)10-22-14-2-6-15(7-3-14)23(17,19)20/h2-9,12,18H,10-11H2,1H3,(H2,17,19,20). The zero-order chi connectivity index (χ0) is 17.6. The minimum atomic E-state index is -3.70. The van der Waals surface area contributed by atoms with Crippen LogP contribution in [-0.2, 0) is 10.0 Å². The summed E-state index contributed by atoms with van der Waals surface area (Å²) < 4.78 is 34.8. The molecule has 0 saturated heterocycles. The number of hydrogen-bond acceptors (Lipinski definition) is 5. The minimum absolute atomic E-state index is 0.0295. The molecule has 0 heterocycles. The maximum atomic E-state index is 11.2. The quantitative estimate of drug-likeness (QED) is 0.555. The van der Waals surface area contributed by atoms with Gasteiger partial charge in [0, 0.05) is 0 Å². The van der Waals surface area contributed by atoms with Crippen LogP contribution in [0.15, 0.2) is 53.4 Å². The molecule has 0 aliphatic rings. The molecule has 0 aromatic heterocycles. The number of rotatable bonds is 8. The van der Waals surface area contributed by atoms with E-state index in [4.69, 9.17) is 14.6 Å². The summed E-state index contributed by atoms with van der Waals surface area (Å²) >= 11 is -0.505. The number of ether oxygens (including phenoxy) is 2. The summed E-state index contributed by atoms with van der Waals surface area (Å²) in [5.74, 6) is 1.31. The van der Waals surface area contributed by atoms with Crippen LogP contribution in [0.3, 0.4) is 0 Å². The molecule has 2 rings (SSSR count). The molecule has 24 heavy (non-hydrogen) atoms. The number of aliphatic hydroxyl groups excluding tert-OH is 1. The van der Waals surface area contributed by atoms with Crippen LogP contribution in [0, 0.1) is 0 Å². The second kappa shape index (κ2) is 8.70. The van der Waals surface area contributed by atoms with Crippen molar-refractivity contribution in [2.24, 2.45) is 5.14 Å². The fraction of sp³-hybridized carbons (Fsp3) is 0.250. The third kappa shape index (κ3) is 5.96. The van der Waals surface area contributed by atoms with Crippen molar-refractivity contribution in [1.82, 2.24) is 0 Å². The van der Waals surface area contributed by atoms with Crippen molar-refractivity contribution in [3.05, 3.63) is 48.5 Å². The van der Waals surface area contributed by atoms with Crippen molar-refractivity contribution in [3.63, 3.8) is 0 Å². The first-order valence-corrected chi connectivity index (χ1v) is 11.4. The molecular formula is C16H19NO5STe. The van der Waals surface area contributed by atoms with Crippen LogP contribution in [0.5, 0.6) is 11.5 Å². The Bertz CT molecular complexity index is 747. The van der Waals surface area contributed by atoms with Crippen molar-refractivity contribution >= 4 is 34.6 Å². The van der Waals surface area contributed by atoms with Gasteiger partial charge in [0.2, 0.25) is 0 Å². The molecule has 0 spiro atoms. The summed E-state index contributed by atoms with van der Waals surface area (Å²) in [6.07, 6.45) is -0.563. The Hall–Kier alpha value is -1.30. The van der Waals surface area contributed by atoms with Gasteiger partial charge in [0.1, 0.15) is 0 Å². The van der Waals surface area contributed by atoms with Crippen LogP contribution in [0.25, 0.3) is 0 Å². The molecule has 0 aliphatic carbocycles. The van der Waals surface area contributed by atoms with Gasteiger partial charge < -0.3 is 0 Å². The molecule has 8 heteroatoms. The molecule has 3 N–H and O–H groups in total. The first-order valence-electron chi connectivity index (χ1n) is 7.09. The van der Waals surface area contributed by atoms with Gasteiger partial charge in [-0.2, -0.15) is 0 Å². The van der Waals surface area contributed by atoms with Gasteiger partial charge in [-0.1, -0.05) is 0 Å². The molecule has 0 saturated carbocycles. The third-order valence-electron chi connectivity index (χ3n) is 3.10. The van der Waals surface area contributed by atoms with Gasteiger partial charge in [0.05, 0.1) is 0 Å². The molecule has 0 aliphatic heterocycles. The van der Waals surface area contributed by atoms with Gasteiger partial charge in [0.25, 0.3) is 0 Å². The summed E-state index contributed by atoms with van der Waals surface area (Å²) in [7, 11) is -2.08. The number of primary sulfonamides is 1. The number of benzene rings is 2. The van der Waals surface area contributed by atoms with E-state index in [2.05, 4.69) is 0 Å². The van der Waals surface area contributed by atoms with E-state index >= 15 is 0 Å². The van der Waals surface area contributed by atoms with Crippen molar-refractivity contribution < 1.29 is 23.0 Å². The number of methoxy groups -OCH3 is 1. The van der Waals surface area contributed by atoms with Crippen LogP contribution in [0.4, 0.5) is 0 Å². The Kier molecular flexibility index (Phi) is 6.89. The Morgan fingerprint density at radius 2 is 1.67 bits per heavy atom. The molecule has 1 unspecified atom stereocenters. The van der Waals surface area contributed by atoms with E-state index in [0.29, 0.717) is 10.2 Å². The summed E-state index contributed by atoms with van der Waals surface area (Å²) in [6, 6.07) is 13.7. The van der Waals surface area contributed by atoms with Crippen LogP contribution in [0.2, 0.25) is 4.47 Å². The van der Waals surface area contributed by atoms with Crippen molar-refractivity contribution in [2.75, 3.05) is 13.7 Å². The zero-order valence-corrected chi connectivity index (χ0v) is 16.2. The monoisotopic (exact) mass is 467 g/mol. The van der Waals surface area contributed by atoms with E-state index in [1.54, 1.807) is 7.11 Å². The Morgan fingerprint density at radius 1 is 1.08 bits per heavy atom. The average Bonchev–Trinajstić information content (AvgIpc) is 2.58. The number of sulfonamides is 1. The molecule has 0 radical (unpaired) electrons. The van der Waals surface area contributed by atoms with Gasteiger partial charge >= 0.3 is 152 Å². The predicted molar refractivity (Wildman–Crippen MR) is 92.5 cm³/mol. The molecule has 2 aromatic carbocycles. The van der Waals surface area contributed by atoms with Gasteiger partial charge in [-0.15, -0.1) is 0 Å². The first kappa shape index (κ1) is 19.0. The van der Waals surface area contributed by atoms with Gasteiger partial charge in [-0.25, -0.2) is 0 Å². The normalized spacial score (nSPS) is 12.6. The van der Waals surface area contributed by atoms with Crippen molar-refractivity contribution in [1.29, 1.82) is 0 Å². The molecule has 0 bridgehead atoms. The van der Waals surface area contributed by atoms with E-state index in [0.717, 1.165) is 5.75 Å². The molecule has 2 aromatic rings. The molecule has 0 fully saturated rings. The van der Waals surface area contributed by atoms with Crippen LogP contribution in [0.1, 0.15) is 0 Å². The number of hydrogen-bond donors (Lipinski definition) is 2. The van der Waals surface area contributed by atoms with Crippen molar-refractivity contribution in [2.45, 2.75) is 15.5 Å². The van der Waals surface area contributed by atoms with Crippen LogP contribution < -0.4 is 18.2 Å². The second-order valence-corrected chi connectivity index (χ2v) is 9.65. The maximum absolute atomic E-state index is 11.2. The van der Waals surface area contributed by atoms with E-state index < -0.39 is 37.1 Å². The Balaban J connectivity index is 1.79. The van der Waals surface area contributed by atoms with E-state index in [-0.39, 0.29) is 11.5 Å². The predicted octanol–water partition coefficient (Wildman–Crippen LogP) is 0.530. The number of aliphatic hydroxyl groups is 1. The van der Waals surface area contributed by atoms with Gasteiger partial charge in [0.15, 0.2) is 0 Å². The first-order chi connectivity index (χ1) is 11.4. The van der Waals surface area contributed by atoms with Gasteiger partial charge in [-0.05, 0) is 0 Å². The van der Waals surface area contributed by atoms with Crippen LogP contribution >= 0.6 is 0 Å². The summed E-state index contributed by atoms with van der Waals surface area (Å²) in [5, 5.41) is 15.1. The molecular weight excluding hydrogens is 446 g/mol. The topological polar surface area (TPSA) is 98.8 Å². The molecule has 130 valence electrons. The molecule has 6 nitrogen and oxygen atoms in total. The molecule has 1 atom stereocenters. The SMILES string of the molecule is COc1ccc([Te]CC(O)COc2ccc(S(N)(=O)=O)cc2)cc1. The summed E-state index contributed by atoms with van der Waals surface area (Å²) in [6.45, 7) is 0.162. The fourth-order valence-electron chi connectivity index (χ4n) is 1.83. The summed E-state index contributed by atoms with van der Waals surface area (Å²) in [4.78, 5) is 0.0295. The van der Waals surface area contributed by atoms with Gasteiger partial charge in [-0.3, -0.25) is 0 Å². The number of nitrogens with two attached hydrogens (primary N) is 1. The summed E-state index contributed by atoms with van der Waals surface area (Å²) in [5.41, 5.74) is 0. The van der Waals surface area contributed by atoms with Crippen molar-refractivity contribution in [3.8, 4) is 11.5 Å². The van der Waals surface area contributed by atoms with Crippen LogP contribution in [-0.4, -0.2) is 54.3 Å². The van der Waals surface area contributed by atoms with E-state index in [1.165, 1.54) is 27.9 Å². The van der Waals surface area contributed by atoms with E-state index in [1.807, 2.05) is 24.3 Å².